The van der Waals surface area contributed by atoms with E-state index in [0.717, 1.165) is 12.2 Å². The average molecular weight is 297 g/mol. The third kappa shape index (κ3) is 4.71. The van der Waals surface area contributed by atoms with E-state index < -0.39 is 0 Å². The highest BCUT2D eigenvalue weighted by atomic mass is 16.5. The molecule has 0 aliphatic rings. The Morgan fingerprint density at radius 1 is 0.909 bits per heavy atom. The van der Waals surface area contributed by atoms with E-state index in [9.17, 15) is 0 Å². The van der Waals surface area contributed by atoms with Crippen molar-refractivity contribution >= 4 is 0 Å². The smallest absolute Gasteiger partial charge is 0.162 e. The molecule has 4 nitrogen and oxygen atoms in total. The molecule has 0 aromatic heterocycles. The van der Waals surface area contributed by atoms with Gasteiger partial charge >= 0.3 is 0 Å². The lowest BCUT2D eigenvalue weighted by Crippen LogP contribution is -2.06. The molecule has 0 fully saturated rings. The van der Waals surface area contributed by atoms with Crippen molar-refractivity contribution in [3.05, 3.63) is 54.1 Å². The molecule has 2 aromatic carbocycles. The van der Waals surface area contributed by atoms with Crippen LogP contribution in [0.25, 0.3) is 0 Å². The fourth-order valence-electron chi connectivity index (χ4n) is 1.91. The molecule has 0 aliphatic heterocycles. The van der Waals surface area contributed by atoms with E-state index in [2.05, 4.69) is 6.07 Å². The summed E-state index contributed by atoms with van der Waals surface area (Å²) in [4.78, 5) is 0. The van der Waals surface area contributed by atoms with Crippen LogP contribution in [0.1, 0.15) is 18.9 Å². The standard InChI is InChI=1S/C18H19NO3/c1-2-20-18-13-15(14-19)9-10-17(18)22-12-6-11-21-16-7-4-3-5-8-16/h3-5,7-10,13H,2,6,11-12H2,1H3. The van der Waals surface area contributed by atoms with Gasteiger partial charge in [0.25, 0.3) is 0 Å². The van der Waals surface area contributed by atoms with Gasteiger partial charge in [0.05, 0.1) is 31.5 Å². The topological polar surface area (TPSA) is 51.5 Å². The van der Waals surface area contributed by atoms with Crippen LogP contribution >= 0.6 is 0 Å². The van der Waals surface area contributed by atoms with Crippen LogP contribution in [0.3, 0.4) is 0 Å². The van der Waals surface area contributed by atoms with Crippen LogP contribution in [0.5, 0.6) is 17.2 Å². The monoisotopic (exact) mass is 297 g/mol. The maximum absolute atomic E-state index is 8.91. The largest absolute Gasteiger partial charge is 0.493 e. The van der Waals surface area contributed by atoms with Gasteiger partial charge in [-0.1, -0.05) is 18.2 Å². The minimum absolute atomic E-state index is 0.527. The third-order valence-corrected chi connectivity index (χ3v) is 2.93. The zero-order valence-electron chi connectivity index (χ0n) is 12.6. The second-order valence-electron chi connectivity index (χ2n) is 4.57. The van der Waals surface area contributed by atoms with Gasteiger partial charge in [0.1, 0.15) is 5.75 Å². The van der Waals surface area contributed by atoms with Crippen molar-refractivity contribution < 1.29 is 14.2 Å². The Labute approximate surface area is 130 Å². The minimum Gasteiger partial charge on any atom is -0.493 e. The molecule has 0 unspecified atom stereocenters. The van der Waals surface area contributed by atoms with Crippen molar-refractivity contribution in [3.8, 4) is 23.3 Å². The Morgan fingerprint density at radius 3 is 2.41 bits per heavy atom. The fourth-order valence-corrected chi connectivity index (χ4v) is 1.91. The summed E-state index contributed by atoms with van der Waals surface area (Å²) in [7, 11) is 0. The van der Waals surface area contributed by atoms with E-state index in [-0.39, 0.29) is 0 Å². The summed E-state index contributed by atoms with van der Waals surface area (Å²) in [6.07, 6.45) is 0.764. The second-order valence-corrected chi connectivity index (χ2v) is 4.57. The first-order valence-corrected chi connectivity index (χ1v) is 7.31. The van der Waals surface area contributed by atoms with Crippen LogP contribution in [-0.4, -0.2) is 19.8 Å². The van der Waals surface area contributed by atoms with Gasteiger partial charge in [-0.2, -0.15) is 5.26 Å². The zero-order valence-corrected chi connectivity index (χ0v) is 12.6. The summed E-state index contributed by atoms with van der Waals surface area (Å²) < 4.78 is 16.8. The molecule has 0 aliphatic carbocycles. The maximum atomic E-state index is 8.91. The molecule has 0 spiro atoms. The number of benzene rings is 2. The first kappa shape index (κ1) is 15.7. The van der Waals surface area contributed by atoms with Crippen LogP contribution in [0.15, 0.2) is 48.5 Å². The van der Waals surface area contributed by atoms with Crippen molar-refractivity contribution in [3.63, 3.8) is 0 Å². The molecule has 2 aromatic rings. The second kappa shape index (κ2) is 8.58. The Kier molecular flexibility index (Phi) is 6.13. The summed E-state index contributed by atoms with van der Waals surface area (Å²) in [5.74, 6) is 2.11. The van der Waals surface area contributed by atoms with Gasteiger partial charge in [-0.05, 0) is 31.2 Å². The third-order valence-electron chi connectivity index (χ3n) is 2.93. The summed E-state index contributed by atoms with van der Waals surface area (Å²) in [6, 6.07) is 17.0. The highest BCUT2D eigenvalue weighted by Gasteiger charge is 2.06. The van der Waals surface area contributed by atoms with E-state index in [0.29, 0.717) is 36.9 Å². The normalized spacial score (nSPS) is 9.82. The lowest BCUT2D eigenvalue weighted by atomic mass is 10.2. The van der Waals surface area contributed by atoms with Crippen molar-refractivity contribution in [2.45, 2.75) is 13.3 Å². The predicted octanol–water partition coefficient (Wildman–Crippen LogP) is 3.80. The van der Waals surface area contributed by atoms with Gasteiger partial charge in [-0.15, -0.1) is 0 Å². The summed E-state index contributed by atoms with van der Waals surface area (Å²) in [5.41, 5.74) is 0.559. The minimum atomic E-state index is 0.527. The molecular formula is C18H19NO3. The number of hydrogen-bond acceptors (Lipinski definition) is 4. The molecule has 0 bridgehead atoms. The number of nitrogens with zero attached hydrogens (tertiary/aromatic N) is 1. The maximum Gasteiger partial charge on any atom is 0.162 e. The number of nitriles is 1. The van der Waals surface area contributed by atoms with Crippen LogP contribution in [0, 0.1) is 11.3 Å². The lowest BCUT2D eigenvalue weighted by Gasteiger charge is -2.12. The van der Waals surface area contributed by atoms with E-state index in [4.69, 9.17) is 19.5 Å². The molecule has 22 heavy (non-hydrogen) atoms. The molecule has 0 N–H and O–H groups in total. The summed E-state index contributed by atoms with van der Waals surface area (Å²) in [6.45, 7) is 3.54. The van der Waals surface area contributed by atoms with Gasteiger partial charge in [0.2, 0.25) is 0 Å². The Bertz CT molecular complexity index is 620. The molecule has 0 heterocycles. The van der Waals surface area contributed by atoms with Gasteiger partial charge in [-0.3, -0.25) is 0 Å². The van der Waals surface area contributed by atoms with E-state index in [1.807, 2.05) is 37.3 Å². The average Bonchev–Trinajstić information content (AvgIpc) is 2.57. The highest BCUT2D eigenvalue weighted by Crippen LogP contribution is 2.28. The first-order chi connectivity index (χ1) is 10.8. The Balaban J connectivity index is 1.80. The molecule has 0 saturated carbocycles. The van der Waals surface area contributed by atoms with Crippen molar-refractivity contribution in [1.29, 1.82) is 5.26 Å². The number of ether oxygens (including phenoxy) is 3. The van der Waals surface area contributed by atoms with Gasteiger partial charge in [-0.25, -0.2) is 0 Å². The van der Waals surface area contributed by atoms with E-state index in [1.165, 1.54) is 0 Å². The highest BCUT2D eigenvalue weighted by molar-refractivity contribution is 5.46. The van der Waals surface area contributed by atoms with Crippen molar-refractivity contribution in [1.82, 2.24) is 0 Å². The molecule has 4 heteroatoms. The quantitative estimate of drug-likeness (QED) is 0.695. The zero-order chi connectivity index (χ0) is 15.6. The Hall–Kier alpha value is -2.67. The van der Waals surface area contributed by atoms with Crippen LogP contribution in [0.4, 0.5) is 0 Å². The Morgan fingerprint density at radius 2 is 1.68 bits per heavy atom. The molecule has 0 radical (unpaired) electrons. The van der Waals surface area contributed by atoms with E-state index >= 15 is 0 Å². The number of rotatable bonds is 8. The fraction of sp³-hybridized carbons (Fsp3) is 0.278. The van der Waals surface area contributed by atoms with Gasteiger partial charge < -0.3 is 14.2 Å². The first-order valence-electron chi connectivity index (χ1n) is 7.31. The molecule has 2 rings (SSSR count). The van der Waals surface area contributed by atoms with Crippen LogP contribution in [-0.2, 0) is 0 Å². The van der Waals surface area contributed by atoms with Gasteiger partial charge in [0.15, 0.2) is 11.5 Å². The van der Waals surface area contributed by atoms with Gasteiger partial charge in [0, 0.05) is 12.5 Å². The number of hydrogen-bond donors (Lipinski definition) is 0. The van der Waals surface area contributed by atoms with E-state index in [1.54, 1.807) is 18.2 Å². The SMILES string of the molecule is CCOc1cc(C#N)ccc1OCCCOc1ccccc1. The van der Waals surface area contributed by atoms with Crippen LogP contribution < -0.4 is 14.2 Å². The predicted molar refractivity (Wildman–Crippen MR) is 84.4 cm³/mol. The molecular weight excluding hydrogens is 278 g/mol. The van der Waals surface area contributed by atoms with Crippen molar-refractivity contribution in [2.24, 2.45) is 0 Å². The summed E-state index contributed by atoms with van der Waals surface area (Å²) >= 11 is 0. The van der Waals surface area contributed by atoms with Crippen molar-refractivity contribution in [2.75, 3.05) is 19.8 Å². The molecule has 0 atom stereocenters. The number of para-hydroxylation sites is 1. The molecule has 114 valence electrons. The molecule has 0 saturated heterocycles. The summed E-state index contributed by atoms with van der Waals surface area (Å²) in [5, 5.41) is 8.91. The lowest BCUT2D eigenvalue weighted by molar-refractivity contribution is 0.236. The molecule has 0 amide bonds. The van der Waals surface area contributed by atoms with Crippen LogP contribution in [0.2, 0.25) is 0 Å².